The zero-order valence-corrected chi connectivity index (χ0v) is 20.5. The van der Waals surface area contributed by atoms with Crippen LogP contribution in [0.2, 0.25) is 0 Å². The molecule has 0 radical (unpaired) electrons. The molecule has 2 atom stereocenters. The number of nitrogens with zero attached hydrogens (tertiary/aromatic N) is 3. The highest BCUT2D eigenvalue weighted by Gasteiger charge is 2.47. The second-order valence-electron chi connectivity index (χ2n) is 9.58. The zero-order chi connectivity index (χ0) is 27.0. The molecule has 12 heteroatoms. The van der Waals surface area contributed by atoms with Gasteiger partial charge in [0.05, 0.1) is 18.4 Å². The van der Waals surface area contributed by atoms with Gasteiger partial charge in [-0.15, -0.1) is 13.2 Å². The first-order valence-corrected chi connectivity index (χ1v) is 12.2. The minimum Gasteiger partial charge on any atom is -0.406 e. The molecule has 1 fully saturated rings. The predicted octanol–water partition coefficient (Wildman–Crippen LogP) is 3.21. The van der Waals surface area contributed by atoms with Gasteiger partial charge < -0.3 is 20.3 Å². The van der Waals surface area contributed by atoms with Gasteiger partial charge in [-0.05, 0) is 59.7 Å². The Bertz CT molecular complexity index is 1370. The molecule has 0 saturated heterocycles. The lowest BCUT2D eigenvalue weighted by molar-refractivity contribution is -0.274. The predicted molar refractivity (Wildman–Crippen MR) is 128 cm³/mol. The van der Waals surface area contributed by atoms with Gasteiger partial charge >= 0.3 is 6.36 Å². The van der Waals surface area contributed by atoms with Crippen molar-refractivity contribution in [2.24, 2.45) is 11.7 Å². The van der Waals surface area contributed by atoms with E-state index in [2.05, 4.69) is 20.2 Å². The Morgan fingerprint density at radius 1 is 1.24 bits per heavy atom. The first-order chi connectivity index (χ1) is 18.1. The number of nitrogens with two attached hydrogens (primary N) is 1. The Kier molecular flexibility index (Phi) is 6.82. The van der Waals surface area contributed by atoms with Gasteiger partial charge in [-0.2, -0.15) is 4.98 Å². The Morgan fingerprint density at radius 3 is 2.76 bits per heavy atom. The molecule has 2 amide bonds. The number of primary amides is 1. The van der Waals surface area contributed by atoms with Crippen LogP contribution in [0.4, 0.5) is 13.2 Å². The smallest absolute Gasteiger partial charge is 0.406 e. The van der Waals surface area contributed by atoms with Gasteiger partial charge in [0, 0.05) is 19.6 Å². The molecule has 1 saturated carbocycles. The number of benzene rings is 2. The topological polar surface area (TPSA) is 124 Å². The summed E-state index contributed by atoms with van der Waals surface area (Å²) in [5.41, 5.74) is 9.49. The number of rotatable bonds is 8. The van der Waals surface area contributed by atoms with Crippen molar-refractivity contribution in [1.82, 2.24) is 20.4 Å². The largest absolute Gasteiger partial charge is 0.573 e. The van der Waals surface area contributed by atoms with Crippen molar-refractivity contribution < 1.29 is 32.0 Å². The van der Waals surface area contributed by atoms with Gasteiger partial charge in [0.15, 0.2) is 5.82 Å². The lowest BCUT2D eigenvalue weighted by Gasteiger charge is -2.31. The molecular weight excluding hydrogens is 503 g/mol. The number of aryl methyl sites for hydroxylation is 1. The highest BCUT2D eigenvalue weighted by Crippen LogP contribution is 2.47. The average molecular weight is 530 g/mol. The molecule has 0 unspecified atom stereocenters. The molecule has 0 bridgehead atoms. The monoisotopic (exact) mass is 529 g/mol. The maximum Gasteiger partial charge on any atom is 0.573 e. The summed E-state index contributed by atoms with van der Waals surface area (Å²) in [6, 6.07) is 9.54. The molecule has 2 aliphatic rings. The third kappa shape index (κ3) is 5.80. The average Bonchev–Trinajstić information content (AvgIpc) is 3.54. The molecular formula is C26H26F3N5O4. The van der Waals surface area contributed by atoms with E-state index in [4.69, 9.17) is 10.3 Å². The molecule has 3 aromatic rings. The lowest BCUT2D eigenvalue weighted by Crippen LogP contribution is -2.38. The first kappa shape index (κ1) is 25.7. The SMILES string of the molecule is Cc1noc([C@@H]2C[C@@H]2C(=O)NCc2ccc(-c3cccc(OC(F)(F)F)c3)c3c2CN(CC(N)=O)CC3)n1. The van der Waals surface area contributed by atoms with Gasteiger partial charge in [-0.1, -0.05) is 29.4 Å². The number of carbonyl (C=O) groups is 2. The highest BCUT2D eigenvalue weighted by atomic mass is 19.4. The van der Waals surface area contributed by atoms with E-state index >= 15 is 0 Å². The Hall–Kier alpha value is -3.93. The molecule has 200 valence electrons. The number of hydrogen-bond acceptors (Lipinski definition) is 7. The van der Waals surface area contributed by atoms with Crippen LogP contribution in [0.3, 0.4) is 0 Å². The van der Waals surface area contributed by atoms with Crippen LogP contribution in [0.25, 0.3) is 11.1 Å². The standard InChI is InChI=1S/C26H26F3N5O4/c1-14-32-25(38-33-14)21-10-20(21)24(36)31-11-16-5-6-18(15-3-2-4-17(9-15)37-26(27,28)29)19-7-8-34(12-22(16)19)13-23(30)35/h2-6,9,20-21H,7-8,10-13H2,1H3,(H2,30,35)(H,31,36)/t20-,21+/m0/s1. The fourth-order valence-corrected chi connectivity index (χ4v) is 4.98. The number of amides is 2. The molecule has 5 rings (SSSR count). The maximum atomic E-state index is 12.8. The molecule has 2 heterocycles. The van der Waals surface area contributed by atoms with E-state index in [1.54, 1.807) is 13.0 Å². The normalized spacial score (nSPS) is 19.1. The van der Waals surface area contributed by atoms with Crippen LogP contribution in [0.1, 0.15) is 40.7 Å². The van der Waals surface area contributed by atoms with Crippen LogP contribution in [-0.2, 0) is 29.1 Å². The van der Waals surface area contributed by atoms with Crippen LogP contribution >= 0.6 is 0 Å². The number of alkyl halides is 3. The number of aromatic nitrogens is 2. The Balaban J connectivity index is 1.38. The van der Waals surface area contributed by atoms with Crippen LogP contribution in [0.15, 0.2) is 40.9 Å². The van der Waals surface area contributed by atoms with E-state index in [-0.39, 0.29) is 36.6 Å². The highest BCUT2D eigenvalue weighted by molar-refractivity contribution is 5.82. The first-order valence-electron chi connectivity index (χ1n) is 12.2. The van der Waals surface area contributed by atoms with Crippen LogP contribution < -0.4 is 15.8 Å². The number of ether oxygens (including phenoxy) is 1. The summed E-state index contributed by atoms with van der Waals surface area (Å²) in [6.45, 7) is 3.04. The van der Waals surface area contributed by atoms with E-state index in [1.165, 1.54) is 18.2 Å². The van der Waals surface area contributed by atoms with Crippen molar-refractivity contribution >= 4 is 11.8 Å². The molecule has 3 N–H and O–H groups in total. The number of fused-ring (bicyclic) bond motifs is 1. The van der Waals surface area contributed by atoms with Crippen LogP contribution in [-0.4, -0.2) is 46.3 Å². The van der Waals surface area contributed by atoms with E-state index in [9.17, 15) is 22.8 Å². The molecule has 1 aliphatic carbocycles. The molecule has 0 spiro atoms. The summed E-state index contributed by atoms with van der Waals surface area (Å²) < 4.78 is 47.6. The Labute approximate surface area is 216 Å². The number of halogens is 3. The second kappa shape index (κ2) is 10.1. The molecule has 38 heavy (non-hydrogen) atoms. The third-order valence-electron chi connectivity index (χ3n) is 6.79. The van der Waals surface area contributed by atoms with Crippen molar-refractivity contribution in [3.05, 3.63) is 64.8 Å². The fourth-order valence-electron chi connectivity index (χ4n) is 4.98. The summed E-state index contributed by atoms with van der Waals surface area (Å²) in [7, 11) is 0. The summed E-state index contributed by atoms with van der Waals surface area (Å²) in [5.74, 6) is -0.228. The third-order valence-corrected chi connectivity index (χ3v) is 6.79. The summed E-state index contributed by atoms with van der Waals surface area (Å²) in [4.78, 5) is 30.5. The van der Waals surface area contributed by atoms with Gasteiger partial charge in [-0.25, -0.2) is 0 Å². The van der Waals surface area contributed by atoms with Crippen molar-refractivity contribution in [2.75, 3.05) is 13.1 Å². The van der Waals surface area contributed by atoms with Crippen molar-refractivity contribution in [1.29, 1.82) is 0 Å². The summed E-state index contributed by atoms with van der Waals surface area (Å²) >= 11 is 0. The molecule has 9 nitrogen and oxygen atoms in total. The van der Waals surface area contributed by atoms with E-state index < -0.39 is 12.3 Å². The minimum absolute atomic E-state index is 0.0811. The quantitative estimate of drug-likeness (QED) is 0.459. The van der Waals surface area contributed by atoms with Gasteiger partial charge in [-0.3, -0.25) is 14.5 Å². The van der Waals surface area contributed by atoms with Crippen LogP contribution in [0.5, 0.6) is 5.75 Å². The molecule has 1 aliphatic heterocycles. The molecule has 2 aromatic carbocycles. The minimum atomic E-state index is -4.79. The summed E-state index contributed by atoms with van der Waals surface area (Å²) in [5, 5.41) is 6.76. The van der Waals surface area contributed by atoms with Gasteiger partial charge in [0.25, 0.3) is 0 Å². The second-order valence-corrected chi connectivity index (χ2v) is 9.58. The van der Waals surface area contributed by atoms with Crippen molar-refractivity contribution in [3.8, 4) is 16.9 Å². The van der Waals surface area contributed by atoms with Gasteiger partial charge in [0.1, 0.15) is 5.75 Å². The number of carbonyl (C=O) groups excluding carboxylic acids is 2. The van der Waals surface area contributed by atoms with Crippen molar-refractivity contribution in [3.63, 3.8) is 0 Å². The van der Waals surface area contributed by atoms with E-state index in [0.717, 1.165) is 22.3 Å². The maximum absolute atomic E-state index is 12.8. The van der Waals surface area contributed by atoms with E-state index in [1.807, 2.05) is 17.0 Å². The van der Waals surface area contributed by atoms with Gasteiger partial charge in [0.2, 0.25) is 17.7 Å². The summed E-state index contributed by atoms with van der Waals surface area (Å²) in [6.07, 6.45) is -3.60. The Morgan fingerprint density at radius 2 is 2.05 bits per heavy atom. The van der Waals surface area contributed by atoms with E-state index in [0.29, 0.717) is 43.2 Å². The van der Waals surface area contributed by atoms with Crippen LogP contribution in [0, 0.1) is 12.8 Å². The number of nitrogens with one attached hydrogen (secondary N) is 1. The fraction of sp³-hybridized carbons (Fsp3) is 0.385. The molecule has 1 aromatic heterocycles. The van der Waals surface area contributed by atoms with Crippen molar-refractivity contribution in [2.45, 2.75) is 45.1 Å². The lowest BCUT2D eigenvalue weighted by atomic mass is 9.87. The number of hydrogen-bond donors (Lipinski definition) is 2. The zero-order valence-electron chi connectivity index (χ0n) is 20.5.